The highest BCUT2D eigenvalue weighted by atomic mass is 19.1. The predicted octanol–water partition coefficient (Wildman–Crippen LogP) is 0.606. The molecule has 0 aromatic rings. The highest BCUT2D eigenvalue weighted by Gasteiger charge is 2.53. The van der Waals surface area contributed by atoms with Gasteiger partial charge >= 0.3 is 0 Å². The molecule has 0 amide bonds. The summed E-state index contributed by atoms with van der Waals surface area (Å²) >= 11 is 0. The van der Waals surface area contributed by atoms with Crippen LogP contribution < -0.4 is 5.73 Å². The normalized spacial score (nSPS) is 52.2. The van der Waals surface area contributed by atoms with Crippen LogP contribution in [0, 0.1) is 0 Å². The minimum absolute atomic E-state index is 0.188. The largest absolute Gasteiger partial charge is 0.370 e. The molecule has 1 aliphatic heterocycles. The van der Waals surface area contributed by atoms with Crippen molar-refractivity contribution in [2.75, 3.05) is 13.3 Å². The van der Waals surface area contributed by atoms with Gasteiger partial charge in [-0.3, -0.25) is 0 Å². The average Bonchev–Trinajstić information content (AvgIpc) is 2.42. The van der Waals surface area contributed by atoms with Gasteiger partial charge in [-0.25, -0.2) is 4.39 Å². The van der Waals surface area contributed by atoms with Gasteiger partial charge in [0.25, 0.3) is 0 Å². The van der Waals surface area contributed by atoms with Crippen LogP contribution in [0.5, 0.6) is 0 Å². The van der Waals surface area contributed by atoms with Crippen molar-refractivity contribution < 1.29 is 9.13 Å². The van der Waals surface area contributed by atoms with Crippen molar-refractivity contribution in [3.8, 4) is 0 Å². The number of alkyl halides is 1. The van der Waals surface area contributed by atoms with E-state index in [4.69, 9.17) is 10.5 Å². The van der Waals surface area contributed by atoms with Gasteiger partial charge in [0.05, 0.1) is 12.2 Å². The Balaban J connectivity index is 2.19. The van der Waals surface area contributed by atoms with Crippen LogP contribution in [0.25, 0.3) is 0 Å². The number of fused-ring (bicyclic) bond motifs is 2. The van der Waals surface area contributed by atoms with Crippen LogP contribution in [0.3, 0.4) is 0 Å². The summed E-state index contributed by atoms with van der Waals surface area (Å²) in [6.07, 6.45) is 2.45. The van der Waals surface area contributed by atoms with Gasteiger partial charge in [-0.15, -0.1) is 0 Å². The van der Waals surface area contributed by atoms with E-state index in [1.807, 2.05) is 0 Å². The van der Waals surface area contributed by atoms with Crippen LogP contribution in [-0.2, 0) is 4.74 Å². The third kappa shape index (κ3) is 0.705. The lowest BCUT2D eigenvalue weighted by atomic mass is 10.0. The first-order valence-corrected chi connectivity index (χ1v) is 3.67. The lowest BCUT2D eigenvalue weighted by molar-refractivity contribution is -0.0347. The van der Waals surface area contributed by atoms with E-state index in [9.17, 15) is 4.39 Å². The van der Waals surface area contributed by atoms with Crippen LogP contribution in [-0.4, -0.2) is 24.4 Å². The van der Waals surface area contributed by atoms with E-state index in [0.717, 1.165) is 19.3 Å². The summed E-state index contributed by atoms with van der Waals surface area (Å²) in [5.41, 5.74) is 5.20. The van der Waals surface area contributed by atoms with Crippen molar-refractivity contribution in [2.24, 2.45) is 5.73 Å². The Kier molecular flexibility index (Phi) is 1.12. The van der Waals surface area contributed by atoms with Gasteiger partial charge in [0.1, 0.15) is 6.67 Å². The molecule has 2 nitrogen and oxygen atoms in total. The molecule has 2 unspecified atom stereocenters. The quantitative estimate of drug-likeness (QED) is 0.586. The van der Waals surface area contributed by atoms with Crippen LogP contribution >= 0.6 is 0 Å². The fraction of sp³-hybridized carbons (Fsp3) is 1.00. The van der Waals surface area contributed by atoms with Crippen molar-refractivity contribution >= 4 is 0 Å². The molecule has 0 spiro atoms. The summed E-state index contributed by atoms with van der Waals surface area (Å²) in [6.45, 7) is 0.183. The first-order chi connectivity index (χ1) is 4.68. The number of rotatable bonds is 1. The summed E-state index contributed by atoms with van der Waals surface area (Å²) < 4.78 is 17.7. The van der Waals surface area contributed by atoms with Crippen LogP contribution in [0.1, 0.15) is 19.3 Å². The van der Waals surface area contributed by atoms with Gasteiger partial charge in [0, 0.05) is 5.54 Å². The molecule has 2 atom stereocenters. The summed E-state index contributed by atoms with van der Waals surface area (Å²) in [6, 6.07) is 0. The van der Waals surface area contributed by atoms with E-state index in [1.165, 1.54) is 0 Å². The van der Waals surface area contributed by atoms with Crippen molar-refractivity contribution in [2.45, 2.75) is 30.4 Å². The topological polar surface area (TPSA) is 35.2 Å². The number of halogens is 1. The second-order valence-corrected chi connectivity index (χ2v) is 3.64. The molecule has 1 saturated heterocycles. The van der Waals surface area contributed by atoms with Crippen molar-refractivity contribution in [1.82, 2.24) is 0 Å². The van der Waals surface area contributed by atoms with Gasteiger partial charge in [-0.05, 0) is 19.3 Å². The molecular formula is C7H12FNO. The Hall–Kier alpha value is -0.150. The molecule has 1 heterocycles. The van der Waals surface area contributed by atoms with Gasteiger partial charge in [-0.2, -0.15) is 0 Å². The molecular weight excluding hydrogens is 133 g/mol. The zero-order valence-corrected chi connectivity index (χ0v) is 5.90. The predicted molar refractivity (Wildman–Crippen MR) is 35.4 cm³/mol. The highest BCUT2D eigenvalue weighted by Crippen LogP contribution is 2.45. The summed E-state index contributed by atoms with van der Waals surface area (Å²) in [7, 11) is 0. The highest BCUT2D eigenvalue weighted by molar-refractivity contribution is 5.08. The Labute approximate surface area is 59.5 Å². The van der Waals surface area contributed by atoms with E-state index >= 15 is 0 Å². The molecule has 3 heteroatoms. The number of ether oxygens (including phenoxy) is 1. The minimum atomic E-state index is -0.477. The van der Waals surface area contributed by atoms with Gasteiger partial charge in [-0.1, -0.05) is 0 Å². The molecule has 0 radical (unpaired) electrons. The zero-order valence-electron chi connectivity index (χ0n) is 5.90. The standard InChI is InChI=1S/C7H12FNO/c8-4-7-2-1-6(9,3-7)5-10-7/h1-5,9H2. The fourth-order valence-electron chi connectivity index (χ4n) is 1.99. The molecule has 10 heavy (non-hydrogen) atoms. The maximum atomic E-state index is 12.4. The maximum absolute atomic E-state index is 12.4. The molecule has 0 aromatic heterocycles. The third-order valence-corrected chi connectivity index (χ3v) is 2.66. The van der Waals surface area contributed by atoms with Crippen molar-refractivity contribution in [3.05, 3.63) is 0 Å². The first kappa shape index (κ1) is 6.55. The lowest BCUT2D eigenvalue weighted by Gasteiger charge is -2.23. The third-order valence-electron chi connectivity index (χ3n) is 2.66. The van der Waals surface area contributed by atoms with E-state index in [2.05, 4.69) is 0 Å². The fourth-order valence-corrected chi connectivity index (χ4v) is 1.99. The molecule has 1 aliphatic carbocycles. The van der Waals surface area contributed by atoms with Crippen LogP contribution in [0.4, 0.5) is 4.39 Å². The maximum Gasteiger partial charge on any atom is 0.118 e. The Morgan fingerprint density at radius 1 is 1.50 bits per heavy atom. The zero-order chi connectivity index (χ0) is 7.24. The molecule has 2 bridgehead atoms. The van der Waals surface area contributed by atoms with Gasteiger partial charge in [0.2, 0.25) is 0 Å². The molecule has 0 aromatic carbocycles. The minimum Gasteiger partial charge on any atom is -0.370 e. The van der Waals surface area contributed by atoms with E-state index in [0.29, 0.717) is 6.61 Å². The van der Waals surface area contributed by atoms with Crippen LogP contribution in [0.2, 0.25) is 0 Å². The number of hydrogen-bond donors (Lipinski definition) is 1. The lowest BCUT2D eigenvalue weighted by Crippen LogP contribution is -2.38. The van der Waals surface area contributed by atoms with Crippen molar-refractivity contribution in [1.29, 1.82) is 0 Å². The SMILES string of the molecule is NC12CCC(CF)(C1)OC2. The summed E-state index contributed by atoms with van der Waals surface area (Å²) in [5.74, 6) is 0. The molecule has 2 rings (SSSR count). The molecule has 2 fully saturated rings. The first-order valence-electron chi connectivity index (χ1n) is 3.67. The second-order valence-electron chi connectivity index (χ2n) is 3.64. The summed E-state index contributed by atoms with van der Waals surface area (Å²) in [4.78, 5) is 0. The monoisotopic (exact) mass is 145 g/mol. The van der Waals surface area contributed by atoms with E-state index in [-0.39, 0.29) is 12.2 Å². The van der Waals surface area contributed by atoms with Gasteiger partial charge < -0.3 is 10.5 Å². The Morgan fingerprint density at radius 2 is 2.30 bits per heavy atom. The van der Waals surface area contributed by atoms with E-state index in [1.54, 1.807) is 0 Å². The second kappa shape index (κ2) is 1.71. The number of nitrogens with two attached hydrogens (primary N) is 1. The smallest absolute Gasteiger partial charge is 0.118 e. The Morgan fingerprint density at radius 3 is 2.50 bits per heavy atom. The Bertz CT molecular complexity index is 152. The molecule has 2 N–H and O–H groups in total. The van der Waals surface area contributed by atoms with E-state index < -0.39 is 5.60 Å². The molecule has 58 valence electrons. The number of hydrogen-bond acceptors (Lipinski definition) is 2. The molecule has 2 aliphatic rings. The van der Waals surface area contributed by atoms with Gasteiger partial charge in [0.15, 0.2) is 0 Å². The molecule has 1 saturated carbocycles. The average molecular weight is 145 g/mol. The van der Waals surface area contributed by atoms with Crippen molar-refractivity contribution in [3.63, 3.8) is 0 Å². The summed E-state index contributed by atoms with van der Waals surface area (Å²) in [5, 5.41) is 0. The van der Waals surface area contributed by atoms with Crippen LogP contribution in [0.15, 0.2) is 0 Å².